The maximum Gasteiger partial charge on any atom is 0.185 e. The number of carbonyl (C=O) groups is 2. The van der Waals surface area contributed by atoms with Gasteiger partial charge >= 0.3 is 0 Å². The fourth-order valence-electron chi connectivity index (χ4n) is 4.40. The summed E-state index contributed by atoms with van der Waals surface area (Å²) in [4.78, 5) is 25.3. The van der Waals surface area contributed by atoms with Gasteiger partial charge in [0.1, 0.15) is 49.4 Å². The van der Waals surface area contributed by atoms with Crippen LogP contribution in [0.15, 0.2) is 109 Å². The quantitative estimate of drug-likeness (QED) is 0.214. The third-order valence-electron chi connectivity index (χ3n) is 6.88. The summed E-state index contributed by atoms with van der Waals surface area (Å²) in [5.41, 5.74) is 2.91. The second-order valence-electron chi connectivity index (χ2n) is 10.2. The molecule has 0 atom stereocenters. The molecule has 4 aromatic rings. The molecule has 0 saturated carbocycles. The van der Waals surface area contributed by atoms with E-state index < -0.39 is 0 Å². The zero-order valence-corrected chi connectivity index (χ0v) is 25.5. The lowest BCUT2D eigenvalue weighted by Gasteiger charge is -2.09. The molecule has 236 valence electrons. The van der Waals surface area contributed by atoms with Gasteiger partial charge in [0, 0.05) is 11.1 Å². The third kappa shape index (κ3) is 10.5. The Morgan fingerprint density at radius 1 is 0.326 bits per heavy atom. The lowest BCUT2D eigenvalue weighted by Crippen LogP contribution is -2.12. The fourth-order valence-corrected chi connectivity index (χ4v) is 4.40. The molecule has 0 radical (unpaired) electrons. The molecule has 0 spiro atoms. The van der Waals surface area contributed by atoms with Gasteiger partial charge in [-0.25, -0.2) is 0 Å². The van der Waals surface area contributed by atoms with Crippen molar-refractivity contribution in [1.29, 1.82) is 0 Å². The molecule has 7 heterocycles. The molecule has 7 aliphatic heterocycles. The molecule has 0 fully saturated rings. The normalized spacial score (nSPS) is 15.6. The summed E-state index contributed by atoms with van der Waals surface area (Å²) < 4.78 is 34.2. The van der Waals surface area contributed by atoms with Gasteiger partial charge in [0.2, 0.25) is 0 Å². The van der Waals surface area contributed by atoms with E-state index >= 15 is 0 Å². The van der Waals surface area contributed by atoms with Gasteiger partial charge < -0.3 is 28.4 Å². The van der Waals surface area contributed by atoms with E-state index in [2.05, 4.69) is 0 Å². The van der Waals surface area contributed by atoms with Crippen LogP contribution in [0.1, 0.15) is 31.8 Å². The molecular weight excluding hydrogens is 584 g/mol. The second kappa shape index (κ2) is 17.3. The highest BCUT2D eigenvalue weighted by Crippen LogP contribution is 2.17. The van der Waals surface area contributed by atoms with Gasteiger partial charge in [-0.15, -0.1) is 0 Å². The lowest BCUT2D eigenvalue weighted by atomic mass is 10.1. The highest BCUT2D eigenvalue weighted by molar-refractivity contribution is 6.07. The number of hydrogen-bond acceptors (Lipinski definition) is 8. The molecule has 8 bridgehead atoms. The number of benzene rings is 4. The average Bonchev–Trinajstić information content (AvgIpc) is 3.10. The van der Waals surface area contributed by atoms with Crippen LogP contribution < -0.4 is 18.9 Å². The second-order valence-corrected chi connectivity index (χ2v) is 10.2. The molecule has 0 saturated heterocycles. The molecule has 8 heteroatoms. The van der Waals surface area contributed by atoms with Gasteiger partial charge in [-0.2, -0.15) is 0 Å². The minimum Gasteiger partial charge on any atom is -0.491 e. The number of carbonyl (C=O) groups excluding carboxylic acids is 2. The van der Waals surface area contributed by atoms with Crippen molar-refractivity contribution in [3.8, 4) is 23.0 Å². The predicted octanol–water partition coefficient (Wildman–Crippen LogP) is 6.74. The topological polar surface area (TPSA) is 89.5 Å². The molecule has 0 N–H and O–H groups in total. The lowest BCUT2D eigenvalue weighted by molar-refractivity contribution is 0.0764. The monoisotopic (exact) mass is 620 g/mol. The molecule has 0 unspecified atom stereocenters. The molecule has 0 amide bonds. The number of allylic oxidation sites excluding steroid dienone is 2. The summed E-state index contributed by atoms with van der Waals surface area (Å²) in [5.74, 6) is 2.54. The van der Waals surface area contributed by atoms with Crippen LogP contribution in [-0.2, 0) is 9.47 Å². The van der Waals surface area contributed by atoms with Crippen LogP contribution in [-0.4, -0.2) is 64.4 Å². The van der Waals surface area contributed by atoms with Crippen molar-refractivity contribution in [2.75, 3.05) is 52.9 Å². The maximum absolute atomic E-state index is 12.6. The van der Waals surface area contributed by atoms with Crippen LogP contribution in [0.2, 0.25) is 0 Å². The molecule has 46 heavy (non-hydrogen) atoms. The van der Waals surface area contributed by atoms with Gasteiger partial charge in [-0.1, -0.05) is 36.4 Å². The first kappa shape index (κ1) is 32.2. The van der Waals surface area contributed by atoms with E-state index in [0.717, 1.165) is 22.6 Å². The van der Waals surface area contributed by atoms with Crippen molar-refractivity contribution < 1.29 is 38.0 Å². The van der Waals surface area contributed by atoms with Crippen LogP contribution in [0.3, 0.4) is 0 Å². The fraction of sp³-hybridized carbons (Fsp3) is 0.211. The highest BCUT2D eigenvalue weighted by Gasteiger charge is 2.05. The maximum atomic E-state index is 12.6. The smallest absolute Gasteiger partial charge is 0.185 e. The highest BCUT2D eigenvalue weighted by atomic mass is 16.5. The van der Waals surface area contributed by atoms with Gasteiger partial charge in [-0.3, -0.25) is 9.59 Å². The number of hydrogen-bond donors (Lipinski definition) is 0. The summed E-state index contributed by atoms with van der Waals surface area (Å²) in [6, 6.07) is 29.0. The molecule has 4 aromatic carbocycles. The Hall–Kier alpha value is -5.18. The van der Waals surface area contributed by atoms with Crippen molar-refractivity contribution >= 4 is 23.7 Å². The minimum atomic E-state index is -0.102. The number of rotatable bonds is 0. The van der Waals surface area contributed by atoms with E-state index in [-0.39, 0.29) is 11.6 Å². The van der Waals surface area contributed by atoms with Crippen molar-refractivity contribution in [3.63, 3.8) is 0 Å². The number of ketones is 2. The SMILES string of the molecule is O=C1C=Cc2ccc(cc2)OCCOCCOc2ccc(cc2)C=CC(=O)c2ccc(cc2)OCCOCCOc2ccc1cc2. The average molecular weight is 621 g/mol. The third-order valence-corrected chi connectivity index (χ3v) is 6.88. The largest absolute Gasteiger partial charge is 0.491 e. The Morgan fingerprint density at radius 2 is 0.609 bits per heavy atom. The van der Waals surface area contributed by atoms with E-state index in [1.807, 2.05) is 48.5 Å². The molecule has 11 rings (SSSR count). The standard InChI is InChI=1S/C38H36O8/c39-37-19-5-29-1-11-33(12-2-29)43-25-21-41-22-26-44-34-13-3-30(4-14-34)6-20-38(40)32-9-17-36(18-10-32)46-28-24-42-23-27-45-35-15-7-31(37)8-16-35/h1-20H,21-28H2. The molecule has 7 aliphatic rings. The Morgan fingerprint density at radius 3 is 0.913 bits per heavy atom. The molecule has 8 nitrogen and oxygen atoms in total. The Kier molecular flexibility index (Phi) is 12.1. The molecule has 0 aliphatic carbocycles. The summed E-state index contributed by atoms with van der Waals surface area (Å²) in [6.45, 7) is 3.15. The zero-order valence-electron chi connectivity index (χ0n) is 25.5. The summed E-state index contributed by atoms with van der Waals surface area (Å²) in [6.07, 6.45) is 6.64. The first-order valence-corrected chi connectivity index (χ1v) is 15.1. The van der Waals surface area contributed by atoms with E-state index in [1.54, 1.807) is 72.8 Å². The van der Waals surface area contributed by atoms with E-state index in [4.69, 9.17) is 28.4 Å². The Balaban J connectivity index is 1.16. The van der Waals surface area contributed by atoms with Gasteiger partial charge in [0.05, 0.1) is 26.4 Å². The van der Waals surface area contributed by atoms with Crippen LogP contribution in [0.5, 0.6) is 23.0 Å². The van der Waals surface area contributed by atoms with Crippen LogP contribution >= 0.6 is 0 Å². The van der Waals surface area contributed by atoms with Crippen LogP contribution in [0, 0.1) is 0 Å². The van der Waals surface area contributed by atoms with Crippen LogP contribution in [0.25, 0.3) is 12.2 Å². The first-order chi connectivity index (χ1) is 22.6. The minimum absolute atomic E-state index is 0.102. The van der Waals surface area contributed by atoms with E-state index in [0.29, 0.717) is 75.5 Å². The van der Waals surface area contributed by atoms with Gasteiger partial charge in [0.15, 0.2) is 11.6 Å². The zero-order chi connectivity index (χ0) is 31.8. The van der Waals surface area contributed by atoms with Gasteiger partial charge in [0.25, 0.3) is 0 Å². The number of ether oxygens (including phenoxy) is 6. The summed E-state index contributed by atoms with van der Waals surface area (Å²) in [7, 11) is 0. The molecule has 0 aromatic heterocycles. The van der Waals surface area contributed by atoms with Crippen molar-refractivity contribution in [1.82, 2.24) is 0 Å². The molecular formula is C38H36O8. The Bertz CT molecular complexity index is 1470. The predicted molar refractivity (Wildman–Crippen MR) is 176 cm³/mol. The van der Waals surface area contributed by atoms with Crippen molar-refractivity contribution in [2.45, 2.75) is 0 Å². The van der Waals surface area contributed by atoms with E-state index in [9.17, 15) is 9.59 Å². The Labute approximate surface area is 268 Å². The summed E-state index contributed by atoms with van der Waals surface area (Å²) >= 11 is 0. The van der Waals surface area contributed by atoms with E-state index in [1.165, 1.54) is 0 Å². The van der Waals surface area contributed by atoms with Crippen LogP contribution in [0.4, 0.5) is 0 Å². The first-order valence-electron chi connectivity index (χ1n) is 15.1. The van der Waals surface area contributed by atoms with Crippen molar-refractivity contribution in [2.24, 2.45) is 0 Å². The van der Waals surface area contributed by atoms with Gasteiger partial charge in [-0.05, 0) is 96.1 Å². The van der Waals surface area contributed by atoms with Crippen molar-refractivity contribution in [3.05, 3.63) is 131 Å². The summed E-state index contributed by atoms with van der Waals surface area (Å²) in [5, 5.41) is 0.